The van der Waals surface area contributed by atoms with Crippen molar-refractivity contribution >= 4 is 17.8 Å². The normalized spacial score (nSPS) is 20.0. The zero-order chi connectivity index (χ0) is 15.9. The van der Waals surface area contributed by atoms with Gasteiger partial charge in [-0.1, -0.05) is 17.7 Å². The molecule has 2 N–H and O–H groups in total. The molecule has 4 amide bonds. The molecule has 0 radical (unpaired) electrons. The van der Waals surface area contributed by atoms with Gasteiger partial charge in [-0.3, -0.25) is 14.9 Å². The summed E-state index contributed by atoms with van der Waals surface area (Å²) in [6, 6.07) is 5.32. The highest BCUT2D eigenvalue weighted by Crippen LogP contribution is 2.26. The van der Waals surface area contributed by atoms with Crippen molar-refractivity contribution in [3.8, 4) is 0 Å². The van der Waals surface area contributed by atoms with Crippen LogP contribution in [0.4, 0.5) is 4.79 Å². The first-order chi connectivity index (χ1) is 10.4. The Hall–Kier alpha value is -2.37. The van der Waals surface area contributed by atoms with E-state index in [4.69, 9.17) is 0 Å². The smallest absolute Gasteiger partial charge is 0.322 e. The Morgan fingerprint density at radius 2 is 1.86 bits per heavy atom. The number of nitrogens with one attached hydrogen (secondary N) is 2. The van der Waals surface area contributed by atoms with Gasteiger partial charge in [0.1, 0.15) is 5.54 Å². The molecule has 2 fully saturated rings. The third kappa shape index (κ3) is 2.34. The van der Waals surface area contributed by atoms with Gasteiger partial charge in [-0.15, -0.1) is 0 Å². The molecule has 6 nitrogen and oxygen atoms in total. The molecule has 2 aliphatic rings. The molecule has 6 heteroatoms. The number of imide groups is 1. The Bertz CT molecular complexity index is 661. The summed E-state index contributed by atoms with van der Waals surface area (Å²) in [6.07, 6.45) is 0.891. The van der Waals surface area contributed by atoms with Crippen molar-refractivity contribution in [1.29, 1.82) is 0 Å². The highest BCUT2D eigenvalue weighted by molar-refractivity contribution is 6.07. The molecule has 2 heterocycles. The summed E-state index contributed by atoms with van der Waals surface area (Å²) in [4.78, 5) is 37.6. The van der Waals surface area contributed by atoms with Crippen LogP contribution in [-0.2, 0) is 4.79 Å². The number of aryl methyl sites for hydroxylation is 2. The summed E-state index contributed by atoms with van der Waals surface area (Å²) in [7, 11) is 0. The Morgan fingerprint density at radius 3 is 2.41 bits per heavy atom. The van der Waals surface area contributed by atoms with Crippen LogP contribution in [0.5, 0.6) is 0 Å². The van der Waals surface area contributed by atoms with Crippen LogP contribution in [0.2, 0.25) is 0 Å². The van der Waals surface area contributed by atoms with Crippen LogP contribution in [-0.4, -0.2) is 41.4 Å². The summed E-state index contributed by atoms with van der Waals surface area (Å²) >= 11 is 0. The minimum atomic E-state index is -0.837. The maximum Gasteiger partial charge on any atom is 0.322 e. The van der Waals surface area contributed by atoms with Gasteiger partial charge in [-0.2, -0.15) is 0 Å². The first-order valence-corrected chi connectivity index (χ1v) is 7.41. The molecular formula is C16H19N3O3. The Morgan fingerprint density at radius 1 is 1.18 bits per heavy atom. The van der Waals surface area contributed by atoms with Gasteiger partial charge >= 0.3 is 6.03 Å². The van der Waals surface area contributed by atoms with E-state index in [1.807, 2.05) is 32.0 Å². The first kappa shape index (κ1) is 14.6. The topological polar surface area (TPSA) is 78.5 Å². The van der Waals surface area contributed by atoms with Crippen molar-refractivity contribution in [3.63, 3.8) is 0 Å². The zero-order valence-corrected chi connectivity index (χ0v) is 12.7. The van der Waals surface area contributed by atoms with E-state index >= 15 is 0 Å². The first-order valence-electron chi connectivity index (χ1n) is 7.41. The number of nitrogens with zero attached hydrogens (tertiary/aromatic N) is 1. The van der Waals surface area contributed by atoms with Crippen LogP contribution < -0.4 is 10.6 Å². The molecule has 0 aromatic heterocycles. The second-order valence-corrected chi connectivity index (χ2v) is 6.10. The van der Waals surface area contributed by atoms with Gasteiger partial charge in [0.15, 0.2) is 0 Å². The molecule has 0 saturated carbocycles. The van der Waals surface area contributed by atoms with Gasteiger partial charge in [0.05, 0.1) is 0 Å². The lowest BCUT2D eigenvalue weighted by atomic mass is 9.87. The molecule has 1 aromatic rings. The number of urea groups is 1. The number of amides is 4. The molecular weight excluding hydrogens is 282 g/mol. The molecule has 2 saturated heterocycles. The van der Waals surface area contributed by atoms with Gasteiger partial charge in [0, 0.05) is 18.7 Å². The van der Waals surface area contributed by atoms with Crippen LogP contribution in [0.15, 0.2) is 18.2 Å². The highest BCUT2D eigenvalue weighted by atomic mass is 16.2. The van der Waals surface area contributed by atoms with Crippen LogP contribution in [0.1, 0.15) is 34.3 Å². The summed E-state index contributed by atoms with van der Waals surface area (Å²) in [5.41, 5.74) is 1.94. The largest absolute Gasteiger partial charge is 0.338 e. The van der Waals surface area contributed by atoms with Gasteiger partial charge in [-0.25, -0.2) is 4.79 Å². The fourth-order valence-electron chi connectivity index (χ4n) is 3.20. The fraction of sp³-hybridized carbons (Fsp3) is 0.438. The number of hydrogen-bond acceptors (Lipinski definition) is 3. The molecule has 1 aromatic carbocycles. The average Bonchev–Trinajstić information content (AvgIpc) is 2.73. The molecule has 0 unspecified atom stereocenters. The van der Waals surface area contributed by atoms with E-state index < -0.39 is 11.6 Å². The molecule has 22 heavy (non-hydrogen) atoms. The SMILES string of the molecule is Cc1ccc(C(=O)N2CCC3(CC2)NC(=O)NC3=O)c(C)c1. The lowest BCUT2D eigenvalue weighted by Crippen LogP contribution is -2.55. The van der Waals surface area contributed by atoms with Gasteiger partial charge in [0.25, 0.3) is 11.8 Å². The van der Waals surface area contributed by atoms with Crippen LogP contribution in [0.3, 0.4) is 0 Å². The van der Waals surface area contributed by atoms with E-state index in [0.29, 0.717) is 31.5 Å². The maximum atomic E-state index is 12.6. The number of benzene rings is 1. The summed E-state index contributed by atoms with van der Waals surface area (Å²) in [6.45, 7) is 4.84. The lowest BCUT2D eigenvalue weighted by molar-refractivity contribution is -0.125. The average molecular weight is 301 g/mol. The molecule has 116 valence electrons. The monoisotopic (exact) mass is 301 g/mol. The molecule has 0 bridgehead atoms. The van der Waals surface area contributed by atoms with Crippen molar-refractivity contribution in [1.82, 2.24) is 15.5 Å². The predicted octanol–water partition coefficient (Wildman–Crippen LogP) is 1.12. The molecule has 2 aliphatic heterocycles. The maximum absolute atomic E-state index is 12.6. The van der Waals surface area contributed by atoms with Crippen molar-refractivity contribution in [2.45, 2.75) is 32.2 Å². The Balaban J connectivity index is 1.72. The van der Waals surface area contributed by atoms with Gasteiger partial charge < -0.3 is 10.2 Å². The second kappa shape index (κ2) is 5.12. The van der Waals surface area contributed by atoms with E-state index in [2.05, 4.69) is 10.6 Å². The van der Waals surface area contributed by atoms with E-state index in [1.54, 1.807) is 4.90 Å². The molecule has 3 rings (SSSR count). The zero-order valence-electron chi connectivity index (χ0n) is 12.7. The standard InChI is InChI=1S/C16H19N3O3/c1-10-3-4-12(11(2)9-10)13(20)19-7-5-16(6-8-19)14(21)17-15(22)18-16/h3-4,9H,5-8H2,1-2H3,(H2,17,18,21,22). The van der Waals surface area contributed by atoms with Crippen molar-refractivity contribution < 1.29 is 14.4 Å². The molecule has 1 spiro atoms. The summed E-state index contributed by atoms with van der Waals surface area (Å²) in [5.74, 6) is -0.298. The number of hydrogen-bond donors (Lipinski definition) is 2. The van der Waals surface area contributed by atoms with E-state index in [-0.39, 0.29) is 11.8 Å². The minimum absolute atomic E-state index is 0.0166. The summed E-state index contributed by atoms with van der Waals surface area (Å²) < 4.78 is 0. The number of likely N-dealkylation sites (tertiary alicyclic amines) is 1. The Labute approximate surface area is 128 Å². The van der Waals surface area contributed by atoms with Crippen LogP contribution >= 0.6 is 0 Å². The summed E-state index contributed by atoms with van der Waals surface area (Å²) in [5, 5.41) is 4.98. The number of rotatable bonds is 1. The van der Waals surface area contributed by atoms with E-state index in [1.165, 1.54) is 0 Å². The van der Waals surface area contributed by atoms with Crippen LogP contribution in [0, 0.1) is 13.8 Å². The van der Waals surface area contributed by atoms with Gasteiger partial charge in [0.2, 0.25) is 0 Å². The van der Waals surface area contributed by atoms with Gasteiger partial charge in [-0.05, 0) is 38.3 Å². The number of carbonyl (C=O) groups excluding carboxylic acids is 3. The predicted molar refractivity (Wildman–Crippen MR) is 80.5 cm³/mol. The minimum Gasteiger partial charge on any atom is -0.338 e. The van der Waals surface area contributed by atoms with Crippen LogP contribution in [0.25, 0.3) is 0 Å². The van der Waals surface area contributed by atoms with E-state index in [9.17, 15) is 14.4 Å². The Kier molecular flexibility index (Phi) is 3.39. The van der Waals surface area contributed by atoms with Crippen molar-refractivity contribution in [2.24, 2.45) is 0 Å². The third-order valence-electron chi connectivity index (χ3n) is 4.53. The third-order valence-corrected chi connectivity index (χ3v) is 4.53. The second-order valence-electron chi connectivity index (χ2n) is 6.10. The number of piperidine rings is 1. The fourth-order valence-corrected chi connectivity index (χ4v) is 3.20. The number of carbonyl (C=O) groups is 3. The molecule has 0 aliphatic carbocycles. The van der Waals surface area contributed by atoms with Crippen molar-refractivity contribution in [2.75, 3.05) is 13.1 Å². The van der Waals surface area contributed by atoms with Crippen molar-refractivity contribution in [3.05, 3.63) is 34.9 Å². The lowest BCUT2D eigenvalue weighted by Gasteiger charge is -2.37. The quantitative estimate of drug-likeness (QED) is 0.763. The highest BCUT2D eigenvalue weighted by Gasteiger charge is 2.48. The molecule has 0 atom stereocenters. The van der Waals surface area contributed by atoms with E-state index in [0.717, 1.165) is 11.1 Å².